The van der Waals surface area contributed by atoms with Crippen molar-refractivity contribution in [1.29, 1.82) is 0 Å². The quantitative estimate of drug-likeness (QED) is 0.740. The molecule has 0 spiro atoms. The number of rotatable bonds is 7. The minimum Gasteiger partial charge on any atom is -0.330 e. The molecule has 1 saturated carbocycles. The van der Waals surface area contributed by atoms with Crippen molar-refractivity contribution >= 4 is 10.0 Å². The highest BCUT2D eigenvalue weighted by Crippen LogP contribution is 2.37. The Kier molecular flexibility index (Phi) is 4.04. The van der Waals surface area contributed by atoms with Crippen molar-refractivity contribution in [3.05, 3.63) is 12.4 Å². The van der Waals surface area contributed by atoms with E-state index in [1.54, 1.807) is 10.9 Å². The first-order chi connectivity index (χ1) is 8.53. The molecule has 102 valence electrons. The van der Waals surface area contributed by atoms with E-state index in [0.29, 0.717) is 31.5 Å². The fraction of sp³-hybridized carbons (Fsp3) is 0.727. The fourth-order valence-electron chi connectivity index (χ4n) is 1.84. The van der Waals surface area contributed by atoms with Gasteiger partial charge in [0.25, 0.3) is 0 Å². The maximum Gasteiger partial charge on any atom is 0.243 e. The van der Waals surface area contributed by atoms with Gasteiger partial charge in [-0.2, -0.15) is 5.10 Å². The lowest BCUT2D eigenvalue weighted by Gasteiger charge is -2.03. The van der Waals surface area contributed by atoms with Gasteiger partial charge in [-0.1, -0.05) is 6.92 Å². The topological polar surface area (TPSA) is 90.0 Å². The van der Waals surface area contributed by atoms with Crippen LogP contribution in [-0.2, 0) is 16.6 Å². The average molecular weight is 272 g/mol. The number of nitrogens with one attached hydrogen (secondary N) is 1. The first kappa shape index (κ1) is 13.5. The maximum absolute atomic E-state index is 12.0. The van der Waals surface area contributed by atoms with Gasteiger partial charge >= 0.3 is 0 Å². The lowest BCUT2D eigenvalue weighted by Crippen LogP contribution is -2.25. The molecule has 1 aromatic heterocycles. The normalized spacial score (nSPS) is 23.2. The second kappa shape index (κ2) is 5.38. The highest BCUT2D eigenvalue weighted by molar-refractivity contribution is 7.89. The highest BCUT2D eigenvalue weighted by Gasteiger charge is 2.33. The minimum atomic E-state index is -3.41. The number of aromatic nitrogens is 2. The van der Waals surface area contributed by atoms with Crippen LogP contribution < -0.4 is 10.5 Å². The molecule has 0 saturated heterocycles. The largest absolute Gasteiger partial charge is 0.330 e. The molecule has 7 heteroatoms. The van der Waals surface area contributed by atoms with Gasteiger partial charge in [-0.25, -0.2) is 13.1 Å². The van der Waals surface area contributed by atoms with Gasteiger partial charge in [0.2, 0.25) is 10.0 Å². The number of sulfonamides is 1. The van der Waals surface area contributed by atoms with Crippen LogP contribution in [0.25, 0.3) is 0 Å². The van der Waals surface area contributed by atoms with Crippen LogP contribution in [0.4, 0.5) is 0 Å². The van der Waals surface area contributed by atoms with Crippen molar-refractivity contribution in [1.82, 2.24) is 14.5 Å². The van der Waals surface area contributed by atoms with Gasteiger partial charge in [-0.05, 0) is 31.2 Å². The molecule has 2 atom stereocenters. The molecule has 0 aromatic carbocycles. The molecule has 2 unspecified atom stereocenters. The molecule has 1 heterocycles. The predicted octanol–water partition coefficient (Wildman–Crippen LogP) is 0.166. The van der Waals surface area contributed by atoms with Gasteiger partial charge in [-0.15, -0.1) is 0 Å². The Bertz CT molecular complexity index is 497. The monoisotopic (exact) mass is 272 g/mol. The first-order valence-electron chi connectivity index (χ1n) is 6.25. The second-order valence-electron chi connectivity index (χ2n) is 4.91. The number of aryl methyl sites for hydroxylation is 1. The summed E-state index contributed by atoms with van der Waals surface area (Å²) in [6.07, 6.45) is 4.83. The molecule has 3 N–H and O–H groups in total. The summed E-state index contributed by atoms with van der Waals surface area (Å²) in [5.74, 6) is 1.13. The summed E-state index contributed by atoms with van der Waals surface area (Å²) < 4.78 is 28.2. The van der Waals surface area contributed by atoms with E-state index in [-0.39, 0.29) is 4.90 Å². The summed E-state index contributed by atoms with van der Waals surface area (Å²) in [4.78, 5) is 0.229. The highest BCUT2D eigenvalue weighted by atomic mass is 32.2. The van der Waals surface area contributed by atoms with Crippen LogP contribution in [0, 0.1) is 11.8 Å². The van der Waals surface area contributed by atoms with Crippen LogP contribution in [0.1, 0.15) is 19.8 Å². The van der Waals surface area contributed by atoms with Gasteiger partial charge in [-0.3, -0.25) is 4.68 Å². The third-order valence-electron chi connectivity index (χ3n) is 3.32. The summed E-state index contributed by atoms with van der Waals surface area (Å²) >= 11 is 0. The van der Waals surface area contributed by atoms with Gasteiger partial charge in [0.05, 0.1) is 6.20 Å². The molecular formula is C11H20N4O2S. The van der Waals surface area contributed by atoms with E-state index in [1.807, 2.05) is 0 Å². The Labute approximate surface area is 108 Å². The molecule has 6 nitrogen and oxygen atoms in total. The minimum absolute atomic E-state index is 0.229. The summed E-state index contributed by atoms with van der Waals surface area (Å²) in [7, 11) is -3.41. The average Bonchev–Trinajstić information content (AvgIpc) is 2.84. The van der Waals surface area contributed by atoms with Gasteiger partial charge in [0.1, 0.15) is 4.90 Å². The van der Waals surface area contributed by atoms with Crippen molar-refractivity contribution < 1.29 is 8.42 Å². The zero-order chi connectivity index (χ0) is 13.2. The molecule has 1 aliphatic carbocycles. The predicted molar refractivity (Wildman–Crippen MR) is 68.4 cm³/mol. The molecule has 2 rings (SSSR count). The van der Waals surface area contributed by atoms with E-state index in [1.165, 1.54) is 6.20 Å². The van der Waals surface area contributed by atoms with Crippen LogP contribution in [0.2, 0.25) is 0 Å². The van der Waals surface area contributed by atoms with E-state index in [9.17, 15) is 8.42 Å². The molecule has 0 radical (unpaired) electrons. The summed E-state index contributed by atoms with van der Waals surface area (Å²) in [6.45, 7) is 3.87. The van der Waals surface area contributed by atoms with Crippen LogP contribution in [0.3, 0.4) is 0 Å². The van der Waals surface area contributed by atoms with Crippen molar-refractivity contribution in [3.8, 4) is 0 Å². The molecule has 0 aliphatic heterocycles. The van der Waals surface area contributed by atoms with Crippen molar-refractivity contribution in [2.24, 2.45) is 17.6 Å². The van der Waals surface area contributed by atoms with Crippen LogP contribution >= 0.6 is 0 Å². The molecule has 1 fully saturated rings. The van der Waals surface area contributed by atoms with Crippen LogP contribution in [0.5, 0.6) is 0 Å². The molecule has 18 heavy (non-hydrogen) atoms. The Morgan fingerprint density at radius 1 is 1.61 bits per heavy atom. The van der Waals surface area contributed by atoms with E-state index >= 15 is 0 Å². The molecule has 0 amide bonds. The number of nitrogens with two attached hydrogens (primary N) is 1. The van der Waals surface area contributed by atoms with Crippen molar-refractivity contribution in [2.45, 2.75) is 31.2 Å². The fourth-order valence-corrected chi connectivity index (χ4v) is 2.89. The van der Waals surface area contributed by atoms with E-state index in [0.717, 1.165) is 12.8 Å². The standard InChI is InChI=1S/C11H20N4O2S/c1-9-5-10(9)6-14-18(16,17)11-7-13-15(8-11)4-2-3-12/h7-10,14H,2-6,12H2,1H3. The molecular weight excluding hydrogens is 252 g/mol. The maximum atomic E-state index is 12.0. The van der Waals surface area contributed by atoms with E-state index < -0.39 is 10.0 Å². The molecule has 0 bridgehead atoms. The van der Waals surface area contributed by atoms with Crippen LogP contribution in [0.15, 0.2) is 17.3 Å². The first-order valence-corrected chi connectivity index (χ1v) is 7.73. The van der Waals surface area contributed by atoms with Crippen LogP contribution in [-0.4, -0.2) is 31.3 Å². The van der Waals surface area contributed by atoms with Crippen molar-refractivity contribution in [2.75, 3.05) is 13.1 Å². The molecule has 1 aromatic rings. The Hall–Kier alpha value is -0.920. The molecule has 1 aliphatic rings. The van der Waals surface area contributed by atoms with E-state index in [4.69, 9.17) is 5.73 Å². The lowest BCUT2D eigenvalue weighted by molar-refractivity contribution is 0.571. The number of hydrogen-bond donors (Lipinski definition) is 2. The van der Waals surface area contributed by atoms with Gasteiger partial charge in [0.15, 0.2) is 0 Å². The Morgan fingerprint density at radius 2 is 2.33 bits per heavy atom. The van der Waals surface area contributed by atoms with E-state index in [2.05, 4.69) is 16.7 Å². The zero-order valence-electron chi connectivity index (χ0n) is 10.5. The van der Waals surface area contributed by atoms with Gasteiger partial charge in [0, 0.05) is 19.3 Å². The SMILES string of the molecule is CC1CC1CNS(=O)(=O)c1cnn(CCCN)c1. The number of hydrogen-bond acceptors (Lipinski definition) is 4. The summed E-state index contributed by atoms with van der Waals surface area (Å²) in [6, 6.07) is 0. The number of nitrogens with zero attached hydrogens (tertiary/aromatic N) is 2. The lowest BCUT2D eigenvalue weighted by atomic mass is 10.3. The second-order valence-corrected chi connectivity index (χ2v) is 6.67. The van der Waals surface area contributed by atoms with Gasteiger partial charge < -0.3 is 5.73 Å². The van der Waals surface area contributed by atoms with Crippen molar-refractivity contribution in [3.63, 3.8) is 0 Å². The Balaban J connectivity index is 1.93. The zero-order valence-corrected chi connectivity index (χ0v) is 11.4. The summed E-state index contributed by atoms with van der Waals surface area (Å²) in [5, 5.41) is 4.02. The third-order valence-corrected chi connectivity index (χ3v) is 4.70. The third kappa shape index (κ3) is 3.30. The smallest absolute Gasteiger partial charge is 0.243 e. The summed E-state index contributed by atoms with van der Waals surface area (Å²) in [5.41, 5.74) is 5.40. The Morgan fingerprint density at radius 3 is 2.94 bits per heavy atom.